The third kappa shape index (κ3) is 3.02. The Morgan fingerprint density at radius 1 is 1.38 bits per heavy atom. The van der Waals surface area contributed by atoms with Crippen LogP contribution in [0, 0.1) is 6.92 Å². The quantitative estimate of drug-likeness (QED) is 0.808. The molecule has 2 atom stereocenters. The molecule has 2 unspecified atom stereocenters. The Morgan fingerprint density at radius 3 is 2.62 bits per heavy atom. The fourth-order valence-electron chi connectivity index (χ4n) is 2.28. The normalized spacial score (nSPS) is 30.6. The summed E-state index contributed by atoms with van der Waals surface area (Å²) in [5, 5.41) is 10.4. The molecule has 1 aliphatic rings. The first-order valence-electron chi connectivity index (χ1n) is 5.90. The van der Waals surface area contributed by atoms with Crippen molar-refractivity contribution in [3.05, 3.63) is 11.6 Å². The zero-order valence-corrected chi connectivity index (χ0v) is 10.2. The number of nitrogens with zero attached hydrogens (tertiary/aromatic N) is 2. The van der Waals surface area contributed by atoms with Gasteiger partial charge in [-0.2, -0.15) is 5.10 Å². The maximum absolute atomic E-state index is 5.70. The fraction of sp³-hybridized carbons (Fsp3) is 0.818. The van der Waals surface area contributed by atoms with Gasteiger partial charge < -0.3 is 10.1 Å². The highest BCUT2D eigenvalue weighted by molar-refractivity contribution is 4.88. The lowest BCUT2D eigenvalue weighted by molar-refractivity contribution is -0.0423. The summed E-state index contributed by atoms with van der Waals surface area (Å²) >= 11 is 0. The highest BCUT2D eigenvalue weighted by Gasteiger charge is 2.23. The molecule has 0 bridgehead atoms. The van der Waals surface area contributed by atoms with Crippen LogP contribution in [0.2, 0.25) is 0 Å². The van der Waals surface area contributed by atoms with E-state index in [1.165, 1.54) is 0 Å². The number of rotatable bonds is 3. The second-order valence-corrected chi connectivity index (χ2v) is 4.64. The van der Waals surface area contributed by atoms with Crippen LogP contribution in [-0.4, -0.2) is 33.4 Å². The molecule has 2 N–H and O–H groups in total. The number of aromatic amines is 1. The summed E-state index contributed by atoms with van der Waals surface area (Å²) in [6, 6.07) is 0.512. The van der Waals surface area contributed by atoms with Crippen LogP contribution in [-0.2, 0) is 11.3 Å². The number of aromatic nitrogens is 3. The Kier molecular flexibility index (Phi) is 3.56. The summed E-state index contributed by atoms with van der Waals surface area (Å²) in [6.07, 6.45) is 2.81. The number of hydrogen-bond acceptors (Lipinski definition) is 4. The molecule has 0 aliphatic carbocycles. The topological polar surface area (TPSA) is 62.8 Å². The van der Waals surface area contributed by atoms with Crippen LogP contribution < -0.4 is 5.32 Å². The highest BCUT2D eigenvalue weighted by atomic mass is 16.5. The van der Waals surface area contributed by atoms with Crippen molar-refractivity contribution in [2.24, 2.45) is 0 Å². The van der Waals surface area contributed by atoms with Gasteiger partial charge >= 0.3 is 0 Å². The second-order valence-electron chi connectivity index (χ2n) is 4.64. The molecule has 2 heterocycles. The summed E-state index contributed by atoms with van der Waals surface area (Å²) < 4.78 is 5.70. The lowest BCUT2D eigenvalue weighted by atomic mass is 10.00. The van der Waals surface area contributed by atoms with Gasteiger partial charge in [-0.3, -0.25) is 5.10 Å². The molecule has 1 saturated heterocycles. The summed E-state index contributed by atoms with van der Waals surface area (Å²) in [5.74, 6) is 1.70. The summed E-state index contributed by atoms with van der Waals surface area (Å²) in [6.45, 7) is 6.89. The summed E-state index contributed by atoms with van der Waals surface area (Å²) in [4.78, 5) is 4.27. The van der Waals surface area contributed by atoms with Crippen LogP contribution in [0.5, 0.6) is 0 Å². The lowest BCUT2D eigenvalue weighted by Gasteiger charge is -2.32. The molecule has 5 heteroatoms. The van der Waals surface area contributed by atoms with Gasteiger partial charge in [0, 0.05) is 6.04 Å². The van der Waals surface area contributed by atoms with Crippen LogP contribution in [0.25, 0.3) is 0 Å². The first kappa shape index (κ1) is 11.5. The molecule has 1 aromatic heterocycles. The van der Waals surface area contributed by atoms with Crippen LogP contribution in [0.15, 0.2) is 0 Å². The van der Waals surface area contributed by atoms with E-state index in [0.29, 0.717) is 18.2 Å². The third-order valence-electron chi connectivity index (χ3n) is 2.89. The van der Waals surface area contributed by atoms with E-state index in [2.05, 4.69) is 34.3 Å². The van der Waals surface area contributed by atoms with Crippen molar-refractivity contribution in [2.75, 3.05) is 0 Å². The van der Waals surface area contributed by atoms with Crippen LogP contribution in [0.4, 0.5) is 0 Å². The van der Waals surface area contributed by atoms with Crippen LogP contribution in [0.1, 0.15) is 38.3 Å². The Hall–Kier alpha value is -0.940. The predicted molar refractivity (Wildman–Crippen MR) is 61.0 cm³/mol. The van der Waals surface area contributed by atoms with Crippen molar-refractivity contribution >= 4 is 0 Å². The molecule has 90 valence electrons. The zero-order chi connectivity index (χ0) is 11.5. The van der Waals surface area contributed by atoms with Gasteiger partial charge in [0.05, 0.1) is 18.8 Å². The van der Waals surface area contributed by atoms with E-state index in [4.69, 9.17) is 4.74 Å². The molecular weight excluding hydrogens is 204 g/mol. The number of aryl methyl sites for hydroxylation is 1. The van der Waals surface area contributed by atoms with Crippen LogP contribution in [0.3, 0.4) is 0 Å². The SMILES string of the molecule is Cc1nc(CNC2CC(C)OC(C)C2)n[nH]1. The standard InChI is InChI=1S/C11H20N4O/c1-7-4-10(5-8(2)16-7)12-6-11-13-9(3)14-15-11/h7-8,10,12H,4-6H2,1-3H3,(H,13,14,15). The maximum Gasteiger partial charge on any atom is 0.164 e. The van der Waals surface area contributed by atoms with Crippen LogP contribution >= 0.6 is 0 Å². The first-order valence-corrected chi connectivity index (χ1v) is 5.90. The van der Waals surface area contributed by atoms with Gasteiger partial charge in [0.1, 0.15) is 5.82 Å². The van der Waals surface area contributed by atoms with Gasteiger partial charge in [0.2, 0.25) is 0 Å². The van der Waals surface area contributed by atoms with E-state index in [-0.39, 0.29) is 0 Å². The first-order chi connectivity index (χ1) is 7.63. The second kappa shape index (κ2) is 4.93. The summed E-state index contributed by atoms with van der Waals surface area (Å²) in [5.41, 5.74) is 0. The largest absolute Gasteiger partial charge is 0.375 e. The maximum atomic E-state index is 5.70. The van der Waals surface area contributed by atoms with E-state index in [0.717, 1.165) is 31.0 Å². The Labute approximate surface area is 96.0 Å². The van der Waals surface area contributed by atoms with E-state index in [9.17, 15) is 0 Å². The minimum atomic E-state index is 0.343. The molecule has 1 aromatic rings. The average molecular weight is 224 g/mol. The Balaban J connectivity index is 1.81. The van der Waals surface area contributed by atoms with Crippen molar-refractivity contribution < 1.29 is 4.74 Å². The number of ether oxygens (including phenoxy) is 1. The van der Waals surface area contributed by atoms with E-state index in [1.807, 2.05) is 6.92 Å². The molecular formula is C11H20N4O. The van der Waals surface area contributed by atoms with Crippen molar-refractivity contribution in [2.45, 2.75) is 58.4 Å². The lowest BCUT2D eigenvalue weighted by Crippen LogP contribution is -2.41. The van der Waals surface area contributed by atoms with Crippen molar-refractivity contribution in [3.8, 4) is 0 Å². The average Bonchev–Trinajstić information content (AvgIpc) is 2.60. The monoisotopic (exact) mass is 224 g/mol. The van der Waals surface area contributed by atoms with Gasteiger partial charge in [-0.05, 0) is 33.6 Å². The van der Waals surface area contributed by atoms with E-state index < -0.39 is 0 Å². The van der Waals surface area contributed by atoms with Gasteiger partial charge in [-0.1, -0.05) is 0 Å². The van der Waals surface area contributed by atoms with Gasteiger partial charge in [-0.25, -0.2) is 4.98 Å². The van der Waals surface area contributed by atoms with Gasteiger partial charge in [0.25, 0.3) is 0 Å². The fourth-order valence-corrected chi connectivity index (χ4v) is 2.28. The van der Waals surface area contributed by atoms with Crippen molar-refractivity contribution in [1.82, 2.24) is 20.5 Å². The molecule has 16 heavy (non-hydrogen) atoms. The number of nitrogens with one attached hydrogen (secondary N) is 2. The molecule has 0 saturated carbocycles. The number of H-pyrrole nitrogens is 1. The minimum Gasteiger partial charge on any atom is -0.375 e. The zero-order valence-electron chi connectivity index (χ0n) is 10.2. The number of hydrogen-bond donors (Lipinski definition) is 2. The van der Waals surface area contributed by atoms with Crippen molar-refractivity contribution in [1.29, 1.82) is 0 Å². The highest BCUT2D eigenvalue weighted by Crippen LogP contribution is 2.19. The van der Waals surface area contributed by atoms with E-state index >= 15 is 0 Å². The third-order valence-corrected chi connectivity index (χ3v) is 2.89. The molecule has 1 fully saturated rings. The molecule has 0 aromatic carbocycles. The Morgan fingerprint density at radius 2 is 2.06 bits per heavy atom. The predicted octanol–water partition coefficient (Wildman–Crippen LogP) is 1.16. The van der Waals surface area contributed by atoms with Crippen molar-refractivity contribution in [3.63, 3.8) is 0 Å². The molecule has 0 spiro atoms. The molecule has 0 radical (unpaired) electrons. The van der Waals surface area contributed by atoms with E-state index in [1.54, 1.807) is 0 Å². The molecule has 5 nitrogen and oxygen atoms in total. The molecule has 0 amide bonds. The summed E-state index contributed by atoms with van der Waals surface area (Å²) in [7, 11) is 0. The van der Waals surface area contributed by atoms with Gasteiger partial charge in [-0.15, -0.1) is 0 Å². The minimum absolute atomic E-state index is 0.343. The molecule has 1 aliphatic heterocycles. The smallest absolute Gasteiger partial charge is 0.164 e. The van der Waals surface area contributed by atoms with Gasteiger partial charge in [0.15, 0.2) is 5.82 Å². The Bertz CT molecular complexity index is 328. The molecule has 2 rings (SSSR count).